The Morgan fingerprint density at radius 3 is 2.30 bits per heavy atom. The van der Waals surface area contributed by atoms with Gasteiger partial charge in [0, 0.05) is 25.4 Å². The van der Waals surface area contributed by atoms with Gasteiger partial charge in [-0.05, 0) is 31.5 Å². The molecule has 20 heavy (non-hydrogen) atoms. The van der Waals surface area contributed by atoms with Crippen LogP contribution in [0.5, 0.6) is 0 Å². The topological polar surface area (TPSA) is 38.5 Å². The van der Waals surface area contributed by atoms with Crippen LogP contribution in [0.4, 0.5) is 18.9 Å². The highest BCUT2D eigenvalue weighted by atomic mass is 19.4. The van der Waals surface area contributed by atoms with E-state index in [4.69, 9.17) is 5.73 Å². The molecule has 1 rings (SSSR count). The molecule has 1 aromatic carbocycles. The van der Waals surface area contributed by atoms with Gasteiger partial charge in [-0.3, -0.25) is 0 Å². The lowest BCUT2D eigenvalue weighted by atomic mass is 10.2. The molecule has 0 aliphatic rings. The normalized spacial score (nSPS) is 11.6. The van der Waals surface area contributed by atoms with Crippen molar-refractivity contribution < 1.29 is 17.9 Å². The van der Waals surface area contributed by atoms with Crippen LogP contribution in [-0.2, 0) is 4.74 Å². The Labute approximate surface area is 117 Å². The third-order valence-corrected chi connectivity index (χ3v) is 2.74. The second kappa shape index (κ2) is 8.81. The molecule has 1 aromatic rings. The minimum absolute atomic E-state index is 0.103. The van der Waals surface area contributed by atoms with E-state index >= 15 is 0 Å². The van der Waals surface area contributed by atoms with Crippen molar-refractivity contribution in [2.45, 2.75) is 19.0 Å². The van der Waals surface area contributed by atoms with Crippen LogP contribution in [0.3, 0.4) is 0 Å². The zero-order valence-electron chi connectivity index (χ0n) is 11.4. The molecule has 3 nitrogen and oxygen atoms in total. The Balaban J connectivity index is 2.34. The van der Waals surface area contributed by atoms with E-state index in [0.717, 1.165) is 18.7 Å². The van der Waals surface area contributed by atoms with Gasteiger partial charge in [-0.15, -0.1) is 0 Å². The van der Waals surface area contributed by atoms with Gasteiger partial charge in [0.05, 0.1) is 0 Å². The third-order valence-electron chi connectivity index (χ3n) is 2.74. The van der Waals surface area contributed by atoms with Crippen LogP contribution < -0.4 is 10.6 Å². The second-order valence-corrected chi connectivity index (χ2v) is 4.49. The summed E-state index contributed by atoms with van der Waals surface area (Å²) in [6.07, 6.45) is -2.85. The number of ether oxygens (including phenoxy) is 1. The molecule has 0 saturated carbocycles. The van der Waals surface area contributed by atoms with E-state index in [9.17, 15) is 13.2 Å². The maximum Gasteiger partial charge on any atom is 0.411 e. The number of hydrogen-bond acceptors (Lipinski definition) is 3. The van der Waals surface area contributed by atoms with Gasteiger partial charge >= 0.3 is 6.18 Å². The van der Waals surface area contributed by atoms with Gasteiger partial charge in [0.15, 0.2) is 0 Å². The predicted molar refractivity (Wildman–Crippen MR) is 73.8 cm³/mol. The average molecular weight is 290 g/mol. The molecule has 0 atom stereocenters. The maximum absolute atomic E-state index is 11.9. The van der Waals surface area contributed by atoms with Crippen molar-refractivity contribution in [3.8, 4) is 0 Å². The summed E-state index contributed by atoms with van der Waals surface area (Å²) >= 11 is 0. The van der Waals surface area contributed by atoms with Crippen LogP contribution >= 0.6 is 0 Å². The quantitative estimate of drug-likeness (QED) is 0.711. The predicted octanol–water partition coefficient (Wildman–Crippen LogP) is 2.81. The lowest BCUT2D eigenvalue weighted by molar-refractivity contribution is -0.173. The summed E-state index contributed by atoms with van der Waals surface area (Å²) < 4.78 is 40.4. The number of nitrogens with zero attached hydrogens (tertiary/aromatic N) is 1. The number of anilines is 1. The molecular formula is C14H21F3N2O. The van der Waals surface area contributed by atoms with Gasteiger partial charge < -0.3 is 15.4 Å². The molecule has 114 valence electrons. The van der Waals surface area contributed by atoms with Crippen molar-refractivity contribution in [3.63, 3.8) is 0 Å². The molecule has 0 fully saturated rings. The summed E-state index contributed by atoms with van der Waals surface area (Å²) in [7, 11) is 0. The highest BCUT2D eigenvalue weighted by molar-refractivity contribution is 5.45. The maximum atomic E-state index is 11.9. The Morgan fingerprint density at radius 1 is 1.05 bits per heavy atom. The van der Waals surface area contributed by atoms with E-state index in [0.29, 0.717) is 19.5 Å². The SMILES string of the molecule is NCCCN(CCCOCC(F)(F)F)c1ccccc1. The highest BCUT2D eigenvalue weighted by Crippen LogP contribution is 2.16. The van der Waals surface area contributed by atoms with E-state index in [2.05, 4.69) is 9.64 Å². The fourth-order valence-electron chi connectivity index (χ4n) is 1.84. The van der Waals surface area contributed by atoms with E-state index in [1.54, 1.807) is 0 Å². The first-order chi connectivity index (χ1) is 9.53. The molecule has 0 aliphatic carbocycles. The molecule has 0 saturated heterocycles. The molecule has 0 aromatic heterocycles. The Morgan fingerprint density at radius 2 is 1.70 bits per heavy atom. The monoisotopic (exact) mass is 290 g/mol. The fraction of sp³-hybridized carbons (Fsp3) is 0.571. The van der Waals surface area contributed by atoms with Crippen molar-refractivity contribution in [1.29, 1.82) is 0 Å². The van der Waals surface area contributed by atoms with Gasteiger partial charge in [0.25, 0.3) is 0 Å². The Kier molecular flexibility index (Phi) is 7.40. The van der Waals surface area contributed by atoms with Crippen LogP contribution in [0.25, 0.3) is 0 Å². The minimum atomic E-state index is -4.25. The Bertz CT molecular complexity index is 357. The number of nitrogens with two attached hydrogens (primary N) is 1. The zero-order valence-corrected chi connectivity index (χ0v) is 11.4. The van der Waals surface area contributed by atoms with Gasteiger partial charge in [0.1, 0.15) is 6.61 Å². The van der Waals surface area contributed by atoms with Gasteiger partial charge in [-0.2, -0.15) is 13.2 Å². The number of rotatable bonds is 9. The Hall–Kier alpha value is -1.27. The van der Waals surface area contributed by atoms with Gasteiger partial charge in [-0.1, -0.05) is 18.2 Å². The van der Waals surface area contributed by atoms with Crippen LogP contribution in [0, 0.1) is 0 Å². The van der Waals surface area contributed by atoms with Gasteiger partial charge in [-0.25, -0.2) is 0 Å². The molecule has 0 aliphatic heterocycles. The first-order valence-electron chi connectivity index (χ1n) is 6.67. The minimum Gasteiger partial charge on any atom is -0.372 e. The highest BCUT2D eigenvalue weighted by Gasteiger charge is 2.27. The van der Waals surface area contributed by atoms with Crippen molar-refractivity contribution in [2.24, 2.45) is 5.73 Å². The molecule has 0 unspecified atom stereocenters. The molecule has 2 N–H and O–H groups in total. The standard InChI is InChI=1S/C14H21F3N2O/c15-14(16,17)12-20-11-5-10-19(9-4-8-18)13-6-2-1-3-7-13/h1-3,6-7H,4-5,8-12,18H2. The fourth-order valence-corrected chi connectivity index (χ4v) is 1.84. The van der Waals surface area contributed by atoms with Crippen LogP contribution in [0.15, 0.2) is 30.3 Å². The van der Waals surface area contributed by atoms with Crippen LogP contribution in [-0.4, -0.2) is 39.0 Å². The molecule has 0 heterocycles. The van der Waals surface area contributed by atoms with Crippen molar-refractivity contribution in [3.05, 3.63) is 30.3 Å². The molecule has 6 heteroatoms. The number of halogens is 3. The smallest absolute Gasteiger partial charge is 0.372 e. The van der Waals surface area contributed by atoms with Crippen molar-refractivity contribution in [2.75, 3.05) is 37.7 Å². The largest absolute Gasteiger partial charge is 0.411 e. The first-order valence-corrected chi connectivity index (χ1v) is 6.67. The van der Waals surface area contributed by atoms with E-state index < -0.39 is 12.8 Å². The first kappa shape index (κ1) is 16.8. The van der Waals surface area contributed by atoms with E-state index in [1.165, 1.54) is 0 Å². The molecule has 0 amide bonds. The second-order valence-electron chi connectivity index (χ2n) is 4.49. The molecular weight excluding hydrogens is 269 g/mol. The number of hydrogen-bond donors (Lipinski definition) is 1. The van der Waals surface area contributed by atoms with Crippen molar-refractivity contribution >= 4 is 5.69 Å². The lowest BCUT2D eigenvalue weighted by Crippen LogP contribution is -2.28. The number of benzene rings is 1. The summed E-state index contributed by atoms with van der Waals surface area (Å²) in [5.74, 6) is 0. The van der Waals surface area contributed by atoms with E-state index in [1.807, 2.05) is 30.3 Å². The number of para-hydroxylation sites is 1. The lowest BCUT2D eigenvalue weighted by Gasteiger charge is -2.24. The average Bonchev–Trinajstić information content (AvgIpc) is 2.41. The third kappa shape index (κ3) is 7.35. The molecule has 0 bridgehead atoms. The summed E-state index contributed by atoms with van der Waals surface area (Å²) in [6, 6.07) is 9.76. The summed E-state index contributed by atoms with van der Waals surface area (Å²) in [5.41, 5.74) is 6.56. The van der Waals surface area contributed by atoms with Gasteiger partial charge in [0.2, 0.25) is 0 Å². The van der Waals surface area contributed by atoms with Crippen molar-refractivity contribution in [1.82, 2.24) is 0 Å². The summed E-state index contributed by atoms with van der Waals surface area (Å²) in [5, 5.41) is 0. The molecule has 0 radical (unpaired) electrons. The summed E-state index contributed by atoms with van der Waals surface area (Å²) in [4.78, 5) is 2.11. The van der Waals surface area contributed by atoms with Crippen LogP contribution in [0.1, 0.15) is 12.8 Å². The van der Waals surface area contributed by atoms with E-state index in [-0.39, 0.29) is 6.61 Å². The molecule has 0 spiro atoms. The number of alkyl halides is 3. The van der Waals surface area contributed by atoms with Crippen LogP contribution in [0.2, 0.25) is 0 Å². The summed E-state index contributed by atoms with van der Waals surface area (Å²) in [6.45, 7) is 0.960. The zero-order chi connectivity index (χ0) is 14.8.